The number of nitrogens with one attached hydrogen (secondary N) is 3. The molecule has 0 spiro atoms. The first-order chi connectivity index (χ1) is 15.6. The van der Waals surface area contributed by atoms with Crippen LogP contribution in [-0.4, -0.2) is 50.8 Å². The molecule has 1 aliphatic rings. The number of hydrogen-bond donors (Lipinski definition) is 3. The van der Waals surface area contributed by atoms with Crippen LogP contribution in [0.1, 0.15) is 17.5 Å². The van der Waals surface area contributed by atoms with Gasteiger partial charge in [0.1, 0.15) is 29.7 Å². The van der Waals surface area contributed by atoms with Crippen LogP contribution in [0.4, 0.5) is 10.1 Å². The third kappa shape index (κ3) is 5.64. The van der Waals surface area contributed by atoms with E-state index in [0.29, 0.717) is 5.75 Å². The van der Waals surface area contributed by atoms with Crippen LogP contribution < -0.4 is 20.1 Å². The zero-order valence-electron chi connectivity index (χ0n) is 17.8. The lowest BCUT2D eigenvalue weighted by Crippen LogP contribution is -2.62. The van der Waals surface area contributed by atoms with Crippen LogP contribution in [0.15, 0.2) is 42.5 Å². The molecule has 1 fully saturated rings. The highest BCUT2D eigenvalue weighted by Crippen LogP contribution is 2.20. The maximum atomic E-state index is 13.5. The average Bonchev–Trinajstić information content (AvgIpc) is 2.80. The smallest absolute Gasteiger partial charge is 0.280 e. The topological polar surface area (TPSA) is 141 Å². The Kier molecular flexibility index (Phi) is 7.27. The monoisotopic (exact) mass is 475 g/mol. The van der Waals surface area contributed by atoms with E-state index in [0.717, 1.165) is 22.0 Å². The van der Waals surface area contributed by atoms with Crippen LogP contribution in [-0.2, 0) is 26.3 Å². The van der Waals surface area contributed by atoms with E-state index < -0.39 is 39.9 Å². The van der Waals surface area contributed by atoms with Gasteiger partial charge in [-0.3, -0.25) is 9.59 Å². The zero-order valence-corrected chi connectivity index (χ0v) is 18.6. The number of benzene rings is 2. The quantitative estimate of drug-likeness (QED) is 0.566. The maximum absolute atomic E-state index is 13.5. The van der Waals surface area contributed by atoms with Crippen LogP contribution in [0, 0.1) is 17.1 Å². The summed E-state index contributed by atoms with van der Waals surface area (Å²) in [4.78, 5) is 25.4. The minimum absolute atomic E-state index is 0.128. The molecule has 2 amide bonds. The largest absolute Gasteiger partial charge is 0.497 e. The van der Waals surface area contributed by atoms with Crippen molar-refractivity contribution in [2.24, 2.45) is 0 Å². The van der Waals surface area contributed by atoms with E-state index >= 15 is 0 Å². The molecule has 2 unspecified atom stereocenters. The summed E-state index contributed by atoms with van der Waals surface area (Å²) in [6.07, 6.45) is -0.137. The van der Waals surface area contributed by atoms with Crippen molar-refractivity contribution in [2.45, 2.75) is 25.0 Å². The Morgan fingerprint density at radius 3 is 2.58 bits per heavy atom. The number of carbonyl (C=O) groups is 2. The highest BCUT2D eigenvalue weighted by molar-refractivity contribution is 7.87. The number of nitriles is 1. The van der Waals surface area contributed by atoms with Crippen molar-refractivity contribution in [1.29, 1.82) is 5.26 Å². The highest BCUT2D eigenvalue weighted by atomic mass is 32.2. The molecule has 0 saturated carbocycles. The number of rotatable bonds is 6. The van der Waals surface area contributed by atoms with Gasteiger partial charge < -0.3 is 15.4 Å². The summed E-state index contributed by atoms with van der Waals surface area (Å²) in [6.45, 7) is 0.153. The van der Waals surface area contributed by atoms with E-state index in [1.165, 1.54) is 20.2 Å². The van der Waals surface area contributed by atoms with Gasteiger partial charge in [0.15, 0.2) is 0 Å². The molecule has 2 atom stereocenters. The molecule has 2 aromatic rings. The fourth-order valence-electron chi connectivity index (χ4n) is 3.25. The van der Waals surface area contributed by atoms with Gasteiger partial charge in [0.2, 0.25) is 11.8 Å². The Morgan fingerprint density at radius 2 is 1.94 bits per heavy atom. The number of halogens is 1. The molecular formula is C21H22FN5O5S. The molecule has 1 saturated heterocycles. The predicted molar refractivity (Wildman–Crippen MR) is 117 cm³/mol. The van der Waals surface area contributed by atoms with Crippen molar-refractivity contribution in [3.8, 4) is 11.8 Å². The fourth-order valence-corrected chi connectivity index (χ4v) is 4.50. The molecule has 174 valence electrons. The third-order valence-electron chi connectivity index (χ3n) is 5.17. The van der Waals surface area contributed by atoms with Crippen molar-refractivity contribution in [2.75, 3.05) is 19.5 Å². The Morgan fingerprint density at radius 1 is 1.24 bits per heavy atom. The van der Waals surface area contributed by atoms with Crippen molar-refractivity contribution >= 4 is 27.7 Å². The van der Waals surface area contributed by atoms with Crippen molar-refractivity contribution in [1.82, 2.24) is 14.3 Å². The van der Waals surface area contributed by atoms with E-state index in [4.69, 9.17) is 10.00 Å². The van der Waals surface area contributed by atoms with Crippen molar-refractivity contribution in [3.63, 3.8) is 0 Å². The van der Waals surface area contributed by atoms with Crippen LogP contribution in [0.3, 0.4) is 0 Å². The van der Waals surface area contributed by atoms with Gasteiger partial charge in [-0.2, -0.15) is 22.7 Å². The summed E-state index contributed by atoms with van der Waals surface area (Å²) in [5.41, 5.74) is 0.636. The summed E-state index contributed by atoms with van der Waals surface area (Å²) in [6, 6.07) is 9.67. The van der Waals surface area contributed by atoms with E-state index in [-0.39, 0.29) is 24.2 Å². The molecule has 2 aromatic carbocycles. The summed E-state index contributed by atoms with van der Waals surface area (Å²) >= 11 is 0. The molecule has 1 aliphatic heterocycles. The number of hydrogen-bond acceptors (Lipinski definition) is 6. The fraction of sp³-hybridized carbons (Fsp3) is 0.286. The molecule has 0 aliphatic carbocycles. The molecule has 10 nitrogen and oxygen atoms in total. The van der Waals surface area contributed by atoms with Crippen LogP contribution in [0.2, 0.25) is 0 Å². The second-order valence-corrected chi connectivity index (χ2v) is 9.07. The molecule has 1 heterocycles. The lowest BCUT2D eigenvalue weighted by atomic mass is 10.1. The Balaban J connectivity index is 1.70. The van der Waals surface area contributed by atoms with Gasteiger partial charge in [0.25, 0.3) is 10.2 Å². The van der Waals surface area contributed by atoms with E-state index in [2.05, 4.69) is 15.4 Å². The molecule has 3 N–H and O–H groups in total. The minimum Gasteiger partial charge on any atom is -0.497 e. The lowest BCUT2D eigenvalue weighted by molar-refractivity contribution is -0.124. The second kappa shape index (κ2) is 9.95. The predicted octanol–water partition coefficient (Wildman–Crippen LogP) is 0.868. The van der Waals surface area contributed by atoms with Crippen LogP contribution in [0.25, 0.3) is 0 Å². The SMILES string of the molecule is COc1ccc(CNC(=O)C2CC(C(=O)Nc3ccc(F)c(C#N)c3)N(C)S(=O)(=O)N2)cc1. The number of carbonyl (C=O) groups excluding carboxylic acids is 2. The van der Waals surface area contributed by atoms with Crippen LogP contribution >= 0.6 is 0 Å². The summed E-state index contributed by atoms with van der Waals surface area (Å²) < 4.78 is 46.7. The van der Waals surface area contributed by atoms with Crippen molar-refractivity contribution in [3.05, 3.63) is 59.4 Å². The number of ether oxygens (including phenoxy) is 1. The first-order valence-corrected chi connectivity index (χ1v) is 11.2. The Hall–Kier alpha value is -3.53. The number of methoxy groups -OCH3 is 1. The average molecular weight is 476 g/mol. The second-order valence-electron chi connectivity index (χ2n) is 7.30. The molecule has 33 heavy (non-hydrogen) atoms. The Bertz CT molecular complexity index is 1200. The standard InChI is InChI=1S/C21H22FN5O5S/c1-27-19(21(29)25-15-5-8-17(22)14(9-15)11-23)10-18(26-33(27,30)31)20(28)24-12-13-3-6-16(32-2)7-4-13/h3-9,18-19,26H,10,12H2,1-2H3,(H,24,28)(H,25,29). The zero-order chi connectivity index (χ0) is 24.2. The molecule has 12 heteroatoms. The molecule has 0 aromatic heterocycles. The first-order valence-electron chi connectivity index (χ1n) is 9.81. The van der Waals surface area contributed by atoms with E-state index in [1.807, 2.05) is 0 Å². The molecule has 0 bridgehead atoms. The van der Waals surface area contributed by atoms with Crippen LogP contribution in [0.5, 0.6) is 5.75 Å². The summed E-state index contributed by atoms with van der Waals surface area (Å²) in [7, 11) is -1.37. The van der Waals surface area contributed by atoms with Gasteiger partial charge in [-0.15, -0.1) is 0 Å². The van der Waals surface area contributed by atoms with E-state index in [1.54, 1.807) is 30.3 Å². The van der Waals surface area contributed by atoms with Gasteiger partial charge in [0, 0.05) is 19.3 Å². The number of anilines is 1. The highest BCUT2D eigenvalue weighted by Gasteiger charge is 2.42. The maximum Gasteiger partial charge on any atom is 0.280 e. The number of nitrogens with zero attached hydrogens (tertiary/aromatic N) is 2. The van der Waals surface area contributed by atoms with Crippen molar-refractivity contribution < 1.29 is 27.1 Å². The van der Waals surface area contributed by atoms with E-state index in [9.17, 15) is 22.4 Å². The van der Waals surface area contributed by atoms with Gasteiger partial charge in [-0.05, 0) is 42.3 Å². The third-order valence-corrected chi connectivity index (χ3v) is 6.76. The summed E-state index contributed by atoms with van der Waals surface area (Å²) in [5.74, 6) is -1.39. The summed E-state index contributed by atoms with van der Waals surface area (Å²) in [5, 5.41) is 14.1. The minimum atomic E-state index is -4.12. The van der Waals surface area contributed by atoms with Gasteiger partial charge in [-0.1, -0.05) is 12.1 Å². The number of amides is 2. The normalized spacial score (nSPS) is 19.8. The lowest BCUT2D eigenvalue weighted by Gasteiger charge is -2.35. The first kappa shape index (κ1) is 24.1. The molecule has 0 radical (unpaired) electrons. The molecular weight excluding hydrogens is 453 g/mol. The molecule has 3 rings (SSSR count). The van der Waals surface area contributed by atoms with Gasteiger partial charge >= 0.3 is 0 Å². The number of likely N-dealkylation sites (N-methyl/N-ethyl adjacent to an activating group) is 1. The van der Waals surface area contributed by atoms with Gasteiger partial charge in [0.05, 0.1) is 12.7 Å². The Labute approximate surface area is 190 Å². The van der Waals surface area contributed by atoms with Gasteiger partial charge in [-0.25, -0.2) is 4.39 Å².